The van der Waals surface area contributed by atoms with Crippen LogP contribution in [-0.4, -0.2) is 30.3 Å². The SMILES string of the molecule is O=C(NCCSC(F)(F)F)c1cccc2c1CCNC2. The largest absolute Gasteiger partial charge is 0.441 e. The lowest BCUT2D eigenvalue weighted by Gasteiger charge is -2.20. The van der Waals surface area contributed by atoms with E-state index < -0.39 is 5.51 Å². The van der Waals surface area contributed by atoms with Gasteiger partial charge in [-0.05, 0) is 41.9 Å². The van der Waals surface area contributed by atoms with Gasteiger partial charge in [-0.1, -0.05) is 12.1 Å². The van der Waals surface area contributed by atoms with Crippen LogP contribution in [0.2, 0.25) is 0 Å². The number of nitrogens with one attached hydrogen (secondary N) is 2. The molecule has 0 bridgehead atoms. The van der Waals surface area contributed by atoms with Crippen molar-refractivity contribution >= 4 is 17.7 Å². The number of benzene rings is 1. The monoisotopic (exact) mass is 304 g/mol. The fourth-order valence-electron chi connectivity index (χ4n) is 2.17. The number of carbonyl (C=O) groups excluding carboxylic acids is 1. The molecule has 0 aromatic heterocycles. The zero-order chi connectivity index (χ0) is 14.6. The number of fused-ring (bicyclic) bond motifs is 1. The van der Waals surface area contributed by atoms with E-state index in [0.717, 1.165) is 30.6 Å². The first-order chi connectivity index (χ1) is 9.47. The maximum absolute atomic E-state index is 12.0. The Balaban J connectivity index is 1.93. The third-order valence-corrected chi connectivity index (χ3v) is 3.77. The van der Waals surface area contributed by atoms with Crippen molar-refractivity contribution < 1.29 is 18.0 Å². The minimum atomic E-state index is -4.25. The summed E-state index contributed by atoms with van der Waals surface area (Å²) in [4.78, 5) is 12.0. The summed E-state index contributed by atoms with van der Waals surface area (Å²) < 4.78 is 35.9. The average Bonchev–Trinajstić information content (AvgIpc) is 2.41. The van der Waals surface area contributed by atoms with E-state index in [9.17, 15) is 18.0 Å². The fourth-order valence-corrected chi connectivity index (χ4v) is 2.61. The summed E-state index contributed by atoms with van der Waals surface area (Å²) in [7, 11) is 0. The van der Waals surface area contributed by atoms with Crippen LogP contribution in [0.4, 0.5) is 13.2 Å². The molecule has 20 heavy (non-hydrogen) atoms. The van der Waals surface area contributed by atoms with E-state index in [2.05, 4.69) is 10.6 Å². The Morgan fingerprint density at radius 1 is 1.40 bits per heavy atom. The van der Waals surface area contributed by atoms with Crippen LogP contribution in [0.3, 0.4) is 0 Å². The van der Waals surface area contributed by atoms with E-state index in [4.69, 9.17) is 0 Å². The highest BCUT2D eigenvalue weighted by Crippen LogP contribution is 2.29. The van der Waals surface area contributed by atoms with Gasteiger partial charge in [-0.25, -0.2) is 0 Å². The van der Waals surface area contributed by atoms with Gasteiger partial charge in [0.2, 0.25) is 0 Å². The summed E-state index contributed by atoms with van der Waals surface area (Å²) in [5.74, 6) is -0.474. The van der Waals surface area contributed by atoms with E-state index in [1.807, 2.05) is 6.07 Å². The molecule has 3 nitrogen and oxygen atoms in total. The predicted octanol–water partition coefficient (Wildman–Crippen LogP) is 2.32. The van der Waals surface area contributed by atoms with Gasteiger partial charge < -0.3 is 10.6 Å². The van der Waals surface area contributed by atoms with Crippen molar-refractivity contribution in [3.8, 4) is 0 Å². The molecule has 0 fully saturated rings. The van der Waals surface area contributed by atoms with Crippen molar-refractivity contribution in [2.75, 3.05) is 18.8 Å². The van der Waals surface area contributed by atoms with Gasteiger partial charge in [0, 0.05) is 24.4 Å². The average molecular weight is 304 g/mol. The standard InChI is InChI=1S/C13H15F3N2OS/c14-13(15,16)20-7-6-18-12(19)11-3-1-2-9-8-17-5-4-10(9)11/h1-3,17H,4-8H2,(H,18,19). The molecule has 1 heterocycles. The fraction of sp³-hybridized carbons (Fsp3) is 0.462. The highest BCUT2D eigenvalue weighted by Gasteiger charge is 2.27. The van der Waals surface area contributed by atoms with Gasteiger partial charge in [-0.15, -0.1) is 0 Å². The first-order valence-corrected chi connectivity index (χ1v) is 7.26. The van der Waals surface area contributed by atoms with Crippen molar-refractivity contribution in [1.82, 2.24) is 10.6 Å². The molecule has 2 N–H and O–H groups in total. The molecule has 0 radical (unpaired) electrons. The molecule has 1 aliphatic heterocycles. The quantitative estimate of drug-likeness (QED) is 0.839. The number of hydrogen-bond acceptors (Lipinski definition) is 3. The number of amides is 1. The lowest BCUT2D eigenvalue weighted by Crippen LogP contribution is -2.30. The Morgan fingerprint density at radius 2 is 2.20 bits per heavy atom. The second-order valence-corrected chi connectivity index (χ2v) is 5.58. The molecule has 1 aliphatic rings. The molecule has 2 rings (SSSR count). The van der Waals surface area contributed by atoms with E-state index in [1.54, 1.807) is 12.1 Å². The summed E-state index contributed by atoms with van der Waals surface area (Å²) >= 11 is -0.125. The van der Waals surface area contributed by atoms with Crippen molar-refractivity contribution in [2.24, 2.45) is 0 Å². The molecule has 0 unspecified atom stereocenters. The molecular weight excluding hydrogens is 289 g/mol. The number of hydrogen-bond donors (Lipinski definition) is 2. The molecule has 0 spiro atoms. The van der Waals surface area contributed by atoms with Crippen LogP contribution in [0.1, 0.15) is 21.5 Å². The number of thioether (sulfide) groups is 1. The van der Waals surface area contributed by atoms with Gasteiger partial charge in [0.1, 0.15) is 0 Å². The highest BCUT2D eigenvalue weighted by atomic mass is 32.2. The van der Waals surface area contributed by atoms with Crippen LogP contribution < -0.4 is 10.6 Å². The summed E-state index contributed by atoms with van der Waals surface area (Å²) in [5, 5.41) is 5.76. The minimum Gasteiger partial charge on any atom is -0.351 e. The predicted molar refractivity (Wildman–Crippen MR) is 72.7 cm³/mol. The highest BCUT2D eigenvalue weighted by molar-refractivity contribution is 8.00. The van der Waals surface area contributed by atoms with Gasteiger partial charge in [-0.2, -0.15) is 13.2 Å². The van der Waals surface area contributed by atoms with E-state index in [0.29, 0.717) is 5.56 Å². The van der Waals surface area contributed by atoms with E-state index >= 15 is 0 Å². The molecule has 7 heteroatoms. The normalized spacial score (nSPS) is 14.8. The van der Waals surface area contributed by atoms with Crippen LogP contribution in [0.15, 0.2) is 18.2 Å². The molecule has 110 valence electrons. The molecular formula is C13H15F3N2OS. The lowest BCUT2D eigenvalue weighted by atomic mass is 9.95. The topological polar surface area (TPSA) is 41.1 Å². The maximum Gasteiger partial charge on any atom is 0.441 e. The van der Waals surface area contributed by atoms with Crippen molar-refractivity contribution in [2.45, 2.75) is 18.5 Å². The molecule has 1 amide bonds. The first-order valence-electron chi connectivity index (χ1n) is 6.28. The summed E-state index contributed by atoms with van der Waals surface area (Å²) in [6.07, 6.45) is 0.760. The zero-order valence-electron chi connectivity index (χ0n) is 10.7. The molecule has 0 aliphatic carbocycles. The van der Waals surface area contributed by atoms with Crippen LogP contribution >= 0.6 is 11.8 Å². The second kappa shape index (κ2) is 6.49. The Kier molecular flexibility index (Phi) is 4.93. The molecule has 1 aromatic carbocycles. The smallest absolute Gasteiger partial charge is 0.351 e. The summed E-state index contributed by atoms with van der Waals surface area (Å²) in [6, 6.07) is 5.47. The number of alkyl halides is 3. The van der Waals surface area contributed by atoms with Gasteiger partial charge in [0.25, 0.3) is 5.91 Å². The van der Waals surface area contributed by atoms with Crippen LogP contribution in [-0.2, 0) is 13.0 Å². The Bertz CT molecular complexity index is 491. The maximum atomic E-state index is 12.0. The zero-order valence-corrected chi connectivity index (χ0v) is 11.5. The molecule has 0 saturated heterocycles. The van der Waals surface area contributed by atoms with Crippen molar-refractivity contribution in [3.63, 3.8) is 0 Å². The van der Waals surface area contributed by atoms with Crippen molar-refractivity contribution in [1.29, 1.82) is 0 Å². The molecule has 0 saturated carbocycles. The van der Waals surface area contributed by atoms with Gasteiger partial charge >= 0.3 is 5.51 Å². The van der Waals surface area contributed by atoms with Gasteiger partial charge in [-0.3, -0.25) is 4.79 Å². The Morgan fingerprint density at radius 3 is 2.95 bits per heavy atom. The van der Waals surface area contributed by atoms with E-state index in [-0.39, 0.29) is 30.0 Å². The molecule has 1 aromatic rings. The number of rotatable bonds is 4. The van der Waals surface area contributed by atoms with Crippen LogP contribution in [0.25, 0.3) is 0 Å². The summed E-state index contributed by atoms with van der Waals surface area (Å²) in [6.45, 7) is 1.53. The number of halogens is 3. The van der Waals surface area contributed by atoms with Crippen molar-refractivity contribution in [3.05, 3.63) is 34.9 Å². The van der Waals surface area contributed by atoms with Crippen LogP contribution in [0.5, 0.6) is 0 Å². The number of carbonyl (C=O) groups is 1. The summed E-state index contributed by atoms with van der Waals surface area (Å²) in [5.41, 5.74) is -1.61. The third kappa shape index (κ3) is 4.14. The van der Waals surface area contributed by atoms with Gasteiger partial charge in [0.05, 0.1) is 0 Å². The minimum absolute atomic E-state index is 0.00489. The molecule has 0 atom stereocenters. The Labute approximate surface area is 119 Å². The Hall–Kier alpha value is -1.21. The second-order valence-electron chi connectivity index (χ2n) is 4.42. The van der Waals surface area contributed by atoms with Gasteiger partial charge in [0.15, 0.2) is 0 Å². The van der Waals surface area contributed by atoms with E-state index in [1.165, 1.54) is 0 Å². The van der Waals surface area contributed by atoms with Crippen LogP contribution in [0, 0.1) is 0 Å². The lowest BCUT2D eigenvalue weighted by molar-refractivity contribution is -0.0327. The first kappa shape index (κ1) is 15.2. The third-order valence-electron chi connectivity index (χ3n) is 3.04.